The first-order valence-corrected chi connectivity index (χ1v) is 10.0. The monoisotopic (exact) mass is 342 g/mol. The van der Waals surface area contributed by atoms with Crippen molar-refractivity contribution in [1.82, 2.24) is 9.62 Å². The lowest BCUT2D eigenvalue weighted by molar-refractivity contribution is 0.122. The van der Waals surface area contributed by atoms with E-state index in [2.05, 4.69) is 33.9 Å². The molecule has 2 aliphatic heterocycles. The van der Waals surface area contributed by atoms with Crippen LogP contribution in [0.2, 0.25) is 0 Å². The minimum Gasteiger partial charge on any atom is -0.296 e. The second kappa shape index (κ2) is 6.31. The fourth-order valence-corrected chi connectivity index (χ4v) is 5.25. The van der Waals surface area contributed by atoms with E-state index in [1.54, 1.807) is 24.3 Å². The molecule has 5 heteroatoms. The van der Waals surface area contributed by atoms with Gasteiger partial charge in [0.1, 0.15) is 0 Å². The number of sulfonamides is 1. The van der Waals surface area contributed by atoms with Crippen molar-refractivity contribution in [1.29, 1.82) is 0 Å². The van der Waals surface area contributed by atoms with E-state index < -0.39 is 10.0 Å². The molecule has 0 amide bonds. The van der Waals surface area contributed by atoms with Gasteiger partial charge >= 0.3 is 0 Å². The Morgan fingerprint density at radius 2 is 1.71 bits per heavy atom. The molecule has 0 aliphatic carbocycles. The van der Waals surface area contributed by atoms with Crippen molar-refractivity contribution in [2.45, 2.75) is 36.2 Å². The van der Waals surface area contributed by atoms with Crippen molar-refractivity contribution >= 4 is 10.0 Å². The molecule has 126 valence electrons. The van der Waals surface area contributed by atoms with Gasteiger partial charge in [-0.2, -0.15) is 0 Å². The summed E-state index contributed by atoms with van der Waals surface area (Å²) in [6.07, 6.45) is 2.79. The molecule has 4 rings (SSSR count). The Morgan fingerprint density at radius 1 is 0.958 bits per heavy atom. The summed E-state index contributed by atoms with van der Waals surface area (Å²) >= 11 is 0. The van der Waals surface area contributed by atoms with Gasteiger partial charge in [-0.3, -0.25) is 4.90 Å². The van der Waals surface area contributed by atoms with Crippen molar-refractivity contribution in [3.8, 4) is 0 Å². The highest BCUT2D eigenvalue weighted by atomic mass is 32.2. The summed E-state index contributed by atoms with van der Waals surface area (Å²) in [5, 5.41) is 0. The number of fused-ring (bicyclic) bond motifs is 3. The highest BCUT2D eigenvalue weighted by Gasteiger charge is 2.34. The van der Waals surface area contributed by atoms with Crippen LogP contribution in [-0.4, -0.2) is 32.4 Å². The van der Waals surface area contributed by atoms with Crippen molar-refractivity contribution in [3.05, 3.63) is 65.7 Å². The molecule has 1 N–H and O–H groups in total. The molecule has 0 spiro atoms. The predicted octanol–water partition coefficient (Wildman–Crippen LogP) is 2.73. The van der Waals surface area contributed by atoms with Gasteiger partial charge in [0.25, 0.3) is 0 Å². The Hall–Kier alpha value is -1.69. The first kappa shape index (κ1) is 15.8. The first-order valence-electron chi connectivity index (χ1n) is 8.53. The van der Waals surface area contributed by atoms with Crippen LogP contribution >= 0.6 is 0 Å². The van der Waals surface area contributed by atoms with Gasteiger partial charge in [-0.15, -0.1) is 0 Å². The minimum atomic E-state index is -3.44. The van der Waals surface area contributed by atoms with E-state index in [0.717, 1.165) is 32.4 Å². The Bertz CT molecular complexity index is 820. The van der Waals surface area contributed by atoms with Crippen LogP contribution in [0.1, 0.15) is 30.0 Å². The van der Waals surface area contributed by atoms with E-state index in [-0.39, 0.29) is 6.04 Å². The molecule has 2 aromatic rings. The molecule has 0 unspecified atom stereocenters. The molecule has 0 saturated carbocycles. The third-order valence-electron chi connectivity index (χ3n) is 5.17. The number of nitrogens with one attached hydrogen (secondary N) is 1. The van der Waals surface area contributed by atoms with Crippen LogP contribution in [0.15, 0.2) is 59.5 Å². The second-order valence-electron chi connectivity index (χ2n) is 6.66. The zero-order chi connectivity index (χ0) is 16.6. The van der Waals surface area contributed by atoms with Crippen LogP contribution in [0, 0.1) is 0 Å². The summed E-state index contributed by atoms with van der Waals surface area (Å²) in [4.78, 5) is 2.84. The Kier molecular flexibility index (Phi) is 4.16. The van der Waals surface area contributed by atoms with Gasteiger partial charge in [-0.05, 0) is 42.5 Å². The largest absolute Gasteiger partial charge is 0.296 e. The Balaban J connectivity index is 1.54. The minimum absolute atomic E-state index is 0.0115. The third kappa shape index (κ3) is 2.99. The maximum Gasteiger partial charge on any atom is 0.240 e. The molecule has 2 atom stereocenters. The van der Waals surface area contributed by atoms with Gasteiger partial charge in [0.05, 0.1) is 4.90 Å². The smallest absolute Gasteiger partial charge is 0.240 e. The van der Waals surface area contributed by atoms with Gasteiger partial charge in [-0.1, -0.05) is 42.5 Å². The summed E-state index contributed by atoms with van der Waals surface area (Å²) in [5.74, 6) is 0. The van der Waals surface area contributed by atoms with E-state index in [1.165, 1.54) is 11.1 Å². The fraction of sp³-hybridized carbons (Fsp3) is 0.368. The van der Waals surface area contributed by atoms with Crippen LogP contribution in [0.3, 0.4) is 0 Å². The quantitative estimate of drug-likeness (QED) is 0.933. The van der Waals surface area contributed by atoms with Gasteiger partial charge in [-0.25, -0.2) is 13.1 Å². The molecular formula is C19H22N2O2S. The average Bonchev–Trinajstić information content (AvgIpc) is 2.62. The maximum atomic E-state index is 12.6. The number of nitrogens with zero attached hydrogens (tertiary/aromatic N) is 1. The number of piperidine rings is 1. The number of rotatable bonds is 3. The van der Waals surface area contributed by atoms with E-state index >= 15 is 0 Å². The highest BCUT2D eigenvalue weighted by Crippen LogP contribution is 2.36. The molecule has 0 radical (unpaired) electrons. The SMILES string of the molecule is O=S(=O)(N[C@H]1CCN2CCc3ccccc3[C@@H]2C1)c1ccccc1. The fourth-order valence-electron chi connectivity index (χ4n) is 3.95. The van der Waals surface area contributed by atoms with Crippen LogP contribution in [0.4, 0.5) is 0 Å². The van der Waals surface area contributed by atoms with Crippen molar-refractivity contribution in [2.24, 2.45) is 0 Å². The zero-order valence-electron chi connectivity index (χ0n) is 13.6. The van der Waals surface area contributed by atoms with Crippen LogP contribution in [-0.2, 0) is 16.4 Å². The third-order valence-corrected chi connectivity index (χ3v) is 6.71. The van der Waals surface area contributed by atoms with Crippen molar-refractivity contribution in [3.63, 3.8) is 0 Å². The van der Waals surface area contributed by atoms with Gasteiger partial charge in [0.15, 0.2) is 0 Å². The number of hydrogen-bond donors (Lipinski definition) is 1. The summed E-state index contributed by atoms with van der Waals surface area (Å²) in [7, 11) is -3.44. The number of hydrogen-bond acceptors (Lipinski definition) is 3. The molecule has 2 aliphatic rings. The molecule has 0 aromatic heterocycles. The van der Waals surface area contributed by atoms with Gasteiger partial charge < -0.3 is 0 Å². The summed E-state index contributed by atoms with van der Waals surface area (Å²) < 4.78 is 28.1. The molecule has 0 bridgehead atoms. The van der Waals surface area contributed by atoms with Crippen molar-refractivity contribution in [2.75, 3.05) is 13.1 Å². The summed E-state index contributed by atoms with van der Waals surface area (Å²) in [6, 6.07) is 17.5. The molecule has 1 saturated heterocycles. The predicted molar refractivity (Wildman–Crippen MR) is 94.2 cm³/mol. The van der Waals surface area contributed by atoms with Crippen LogP contribution in [0.25, 0.3) is 0 Å². The van der Waals surface area contributed by atoms with E-state index in [9.17, 15) is 8.42 Å². The average molecular weight is 342 g/mol. The standard InChI is InChI=1S/C19H22N2O2S/c22-24(23,17-7-2-1-3-8-17)20-16-11-13-21-12-10-15-6-4-5-9-18(15)19(21)14-16/h1-9,16,19-20H,10-14H2/t16-,19-/m0/s1. The zero-order valence-corrected chi connectivity index (χ0v) is 14.4. The maximum absolute atomic E-state index is 12.6. The van der Waals surface area contributed by atoms with Crippen LogP contribution in [0.5, 0.6) is 0 Å². The van der Waals surface area contributed by atoms with Crippen LogP contribution < -0.4 is 4.72 Å². The normalized spacial score (nSPS) is 24.2. The van der Waals surface area contributed by atoms with E-state index in [4.69, 9.17) is 0 Å². The highest BCUT2D eigenvalue weighted by molar-refractivity contribution is 7.89. The topological polar surface area (TPSA) is 49.4 Å². The van der Waals surface area contributed by atoms with Gasteiger partial charge in [0.2, 0.25) is 10.0 Å². The molecule has 2 heterocycles. The number of benzene rings is 2. The molecule has 4 nitrogen and oxygen atoms in total. The Labute approximate surface area is 143 Å². The first-order chi connectivity index (χ1) is 11.6. The molecule has 24 heavy (non-hydrogen) atoms. The van der Waals surface area contributed by atoms with Crippen molar-refractivity contribution < 1.29 is 8.42 Å². The lowest BCUT2D eigenvalue weighted by atomic mass is 9.85. The van der Waals surface area contributed by atoms with E-state index in [1.807, 2.05) is 6.07 Å². The van der Waals surface area contributed by atoms with Gasteiger partial charge in [0, 0.05) is 25.2 Å². The molecule has 1 fully saturated rings. The van der Waals surface area contributed by atoms with E-state index in [0.29, 0.717) is 10.9 Å². The molecule has 2 aromatic carbocycles. The lowest BCUT2D eigenvalue weighted by Gasteiger charge is -2.43. The second-order valence-corrected chi connectivity index (χ2v) is 8.37. The summed E-state index contributed by atoms with van der Waals surface area (Å²) in [6.45, 7) is 2.01. The molecular weight excluding hydrogens is 320 g/mol. The lowest BCUT2D eigenvalue weighted by Crippen LogP contribution is -2.48. The Morgan fingerprint density at radius 3 is 2.54 bits per heavy atom. The summed E-state index contributed by atoms with van der Waals surface area (Å²) in [5.41, 5.74) is 2.78.